The Labute approximate surface area is 169 Å². The van der Waals surface area contributed by atoms with E-state index in [1.807, 2.05) is 6.92 Å². The molecule has 0 amide bonds. The van der Waals surface area contributed by atoms with E-state index in [4.69, 9.17) is 9.47 Å². The van der Waals surface area contributed by atoms with Crippen LogP contribution in [0.5, 0.6) is 5.75 Å². The van der Waals surface area contributed by atoms with Crippen molar-refractivity contribution in [1.29, 1.82) is 0 Å². The Hall–Kier alpha value is -3.22. The molecule has 0 aliphatic rings. The molecule has 0 aromatic heterocycles. The molecule has 0 aliphatic carbocycles. The lowest BCUT2D eigenvalue weighted by molar-refractivity contribution is -0.385. The van der Waals surface area contributed by atoms with E-state index in [1.54, 1.807) is 12.1 Å². The molecule has 0 N–H and O–H groups in total. The third-order valence-corrected chi connectivity index (χ3v) is 4.62. The van der Waals surface area contributed by atoms with Crippen LogP contribution in [0, 0.1) is 16.0 Å². The quantitative estimate of drug-likeness (QED) is 0.236. The number of carbonyl (C=O) groups is 2. The van der Waals surface area contributed by atoms with Gasteiger partial charge in [-0.05, 0) is 30.5 Å². The summed E-state index contributed by atoms with van der Waals surface area (Å²) < 4.78 is 10.6. The normalized spacial score (nSPS) is 11.5. The fourth-order valence-corrected chi connectivity index (χ4v) is 2.86. The molecule has 0 spiro atoms. The topological polar surface area (TPSA) is 95.7 Å². The fourth-order valence-electron chi connectivity index (χ4n) is 2.86. The Balaban J connectivity index is 2.14. The smallest absolute Gasteiger partial charge is 0.344 e. The maximum Gasteiger partial charge on any atom is 0.344 e. The van der Waals surface area contributed by atoms with Crippen molar-refractivity contribution < 1.29 is 24.0 Å². The zero-order valence-corrected chi connectivity index (χ0v) is 16.6. The molecule has 7 heteroatoms. The lowest BCUT2D eigenvalue weighted by atomic mass is 10.0. The molecule has 0 saturated heterocycles. The predicted molar refractivity (Wildman–Crippen MR) is 108 cm³/mol. The minimum absolute atomic E-state index is 0.00254. The van der Waals surface area contributed by atoms with Crippen molar-refractivity contribution >= 4 is 17.6 Å². The second kappa shape index (κ2) is 10.9. The molecule has 154 valence electrons. The largest absolute Gasteiger partial charge is 0.462 e. The number of ether oxygens (including phenoxy) is 2. The van der Waals surface area contributed by atoms with E-state index in [0.29, 0.717) is 0 Å². The van der Waals surface area contributed by atoms with Crippen LogP contribution in [0.15, 0.2) is 48.5 Å². The molecule has 0 fully saturated rings. The lowest BCUT2D eigenvalue weighted by Crippen LogP contribution is -2.18. The molecule has 29 heavy (non-hydrogen) atoms. The number of unbranched alkanes of at least 4 members (excludes halogenated alkanes) is 1. The first-order valence-corrected chi connectivity index (χ1v) is 9.69. The summed E-state index contributed by atoms with van der Waals surface area (Å²) in [6.07, 6.45) is 4.01. The van der Waals surface area contributed by atoms with Gasteiger partial charge in [-0.1, -0.05) is 57.4 Å². The molecule has 0 aliphatic heterocycles. The van der Waals surface area contributed by atoms with Crippen LogP contribution in [-0.4, -0.2) is 23.5 Å². The van der Waals surface area contributed by atoms with Crippen LogP contribution in [-0.2, 0) is 4.74 Å². The van der Waals surface area contributed by atoms with Gasteiger partial charge in [-0.3, -0.25) is 10.1 Å². The van der Waals surface area contributed by atoms with Crippen LogP contribution >= 0.6 is 0 Å². The number of nitro benzene ring substituents is 1. The SMILES string of the molecule is CCCCC(CC)COC(=O)c1ccccc1C(=O)Oc1ccccc1[N+](=O)[O-]. The molecule has 1 atom stereocenters. The second-order valence-corrected chi connectivity index (χ2v) is 6.67. The van der Waals surface area contributed by atoms with E-state index in [9.17, 15) is 19.7 Å². The number of para-hydroxylation sites is 2. The van der Waals surface area contributed by atoms with E-state index < -0.39 is 16.9 Å². The van der Waals surface area contributed by atoms with Crippen molar-refractivity contribution in [3.8, 4) is 5.75 Å². The third kappa shape index (κ3) is 6.14. The van der Waals surface area contributed by atoms with Crippen molar-refractivity contribution in [2.24, 2.45) is 5.92 Å². The number of hydrogen-bond acceptors (Lipinski definition) is 6. The van der Waals surface area contributed by atoms with Crippen LogP contribution in [0.3, 0.4) is 0 Å². The number of rotatable bonds is 10. The van der Waals surface area contributed by atoms with Gasteiger partial charge in [0.2, 0.25) is 5.75 Å². The van der Waals surface area contributed by atoms with Gasteiger partial charge >= 0.3 is 17.6 Å². The van der Waals surface area contributed by atoms with Gasteiger partial charge in [0.1, 0.15) is 0 Å². The van der Waals surface area contributed by atoms with Crippen molar-refractivity contribution in [2.75, 3.05) is 6.61 Å². The van der Waals surface area contributed by atoms with Crippen LogP contribution in [0.4, 0.5) is 5.69 Å². The second-order valence-electron chi connectivity index (χ2n) is 6.67. The maximum atomic E-state index is 12.6. The first-order valence-electron chi connectivity index (χ1n) is 9.69. The summed E-state index contributed by atoms with van der Waals surface area (Å²) in [4.78, 5) is 35.6. The molecule has 2 aromatic carbocycles. The van der Waals surface area contributed by atoms with E-state index in [1.165, 1.54) is 36.4 Å². The van der Waals surface area contributed by atoms with E-state index in [0.717, 1.165) is 25.7 Å². The highest BCUT2D eigenvalue weighted by atomic mass is 16.6. The van der Waals surface area contributed by atoms with Gasteiger partial charge in [0.25, 0.3) is 0 Å². The maximum absolute atomic E-state index is 12.6. The monoisotopic (exact) mass is 399 g/mol. The number of nitrogens with zero attached hydrogens (tertiary/aromatic N) is 1. The summed E-state index contributed by atoms with van der Waals surface area (Å²) >= 11 is 0. The highest BCUT2D eigenvalue weighted by Gasteiger charge is 2.23. The van der Waals surface area contributed by atoms with E-state index in [-0.39, 0.29) is 35.1 Å². The molecule has 0 heterocycles. The average Bonchev–Trinajstić information content (AvgIpc) is 2.73. The highest BCUT2D eigenvalue weighted by Crippen LogP contribution is 2.27. The summed E-state index contributed by atoms with van der Waals surface area (Å²) in [6.45, 7) is 4.44. The molecule has 0 bridgehead atoms. The summed E-state index contributed by atoms with van der Waals surface area (Å²) in [7, 11) is 0. The molecule has 0 radical (unpaired) electrons. The fraction of sp³-hybridized carbons (Fsp3) is 0.364. The van der Waals surface area contributed by atoms with Crippen molar-refractivity contribution in [1.82, 2.24) is 0 Å². The Morgan fingerprint density at radius 1 is 1.00 bits per heavy atom. The minimum atomic E-state index is -0.857. The number of nitro groups is 1. The standard InChI is InChI=1S/C22H25NO6/c1-3-5-10-16(4-2)15-28-21(24)17-11-6-7-12-18(17)22(25)29-20-14-9-8-13-19(20)23(26)27/h6-9,11-14,16H,3-5,10,15H2,1-2H3. The zero-order chi connectivity index (χ0) is 21.2. The molecule has 2 aromatic rings. The zero-order valence-electron chi connectivity index (χ0n) is 16.6. The van der Waals surface area contributed by atoms with Crippen LogP contribution < -0.4 is 4.74 Å². The molecule has 1 unspecified atom stereocenters. The molecular formula is C22H25NO6. The first-order chi connectivity index (χ1) is 14.0. The molecule has 2 rings (SSSR count). The Kier molecular flexibility index (Phi) is 8.33. The molecular weight excluding hydrogens is 374 g/mol. The van der Waals surface area contributed by atoms with Gasteiger partial charge in [0.05, 0.1) is 22.7 Å². The van der Waals surface area contributed by atoms with Crippen LogP contribution in [0.25, 0.3) is 0 Å². The first kappa shape index (κ1) is 22.1. The summed E-state index contributed by atoms with van der Waals surface area (Å²) in [6, 6.07) is 11.7. The van der Waals surface area contributed by atoms with Gasteiger partial charge in [-0.25, -0.2) is 9.59 Å². The van der Waals surface area contributed by atoms with Gasteiger partial charge < -0.3 is 9.47 Å². The molecule has 0 saturated carbocycles. The summed E-state index contributed by atoms with van der Waals surface area (Å²) in [5, 5.41) is 11.1. The Morgan fingerprint density at radius 2 is 1.62 bits per heavy atom. The predicted octanol–water partition coefficient (Wildman–Crippen LogP) is 5.19. The van der Waals surface area contributed by atoms with Crippen molar-refractivity contribution in [2.45, 2.75) is 39.5 Å². The summed E-state index contributed by atoms with van der Waals surface area (Å²) in [5.41, 5.74) is -0.263. The average molecular weight is 399 g/mol. The summed E-state index contributed by atoms with van der Waals surface area (Å²) in [5.74, 6) is -1.39. The Bertz CT molecular complexity index is 864. The number of benzene rings is 2. The van der Waals surface area contributed by atoms with Gasteiger partial charge in [0.15, 0.2) is 0 Å². The van der Waals surface area contributed by atoms with Crippen LogP contribution in [0.1, 0.15) is 60.2 Å². The van der Waals surface area contributed by atoms with Crippen molar-refractivity contribution in [3.63, 3.8) is 0 Å². The highest BCUT2D eigenvalue weighted by molar-refractivity contribution is 6.03. The van der Waals surface area contributed by atoms with Crippen LogP contribution in [0.2, 0.25) is 0 Å². The van der Waals surface area contributed by atoms with Gasteiger partial charge in [-0.15, -0.1) is 0 Å². The Morgan fingerprint density at radius 3 is 2.24 bits per heavy atom. The third-order valence-electron chi connectivity index (χ3n) is 4.62. The lowest BCUT2D eigenvalue weighted by Gasteiger charge is -2.15. The van der Waals surface area contributed by atoms with E-state index in [2.05, 4.69) is 6.92 Å². The molecule has 7 nitrogen and oxygen atoms in total. The van der Waals surface area contributed by atoms with Gasteiger partial charge in [-0.2, -0.15) is 0 Å². The van der Waals surface area contributed by atoms with E-state index >= 15 is 0 Å². The van der Waals surface area contributed by atoms with Gasteiger partial charge in [0, 0.05) is 6.07 Å². The number of carbonyl (C=O) groups excluding carboxylic acids is 2. The van der Waals surface area contributed by atoms with Crippen molar-refractivity contribution in [3.05, 3.63) is 69.8 Å². The number of esters is 2. The number of hydrogen-bond donors (Lipinski definition) is 0. The minimum Gasteiger partial charge on any atom is -0.462 e.